The Morgan fingerprint density at radius 2 is 1.74 bits per heavy atom. The van der Waals surface area contributed by atoms with Gasteiger partial charge < -0.3 is 9.67 Å². The van der Waals surface area contributed by atoms with Crippen LogP contribution < -0.4 is 0 Å². The number of ketones is 1. The molecule has 4 aromatic rings. The minimum absolute atomic E-state index is 0. The van der Waals surface area contributed by atoms with Gasteiger partial charge in [-0.25, -0.2) is 4.98 Å². The monoisotopic (exact) mass is 536 g/mol. The zero-order valence-corrected chi connectivity index (χ0v) is 17.4. The topological polar surface area (TPSA) is 55.1 Å². The molecular weight excluding hydrogens is 516 g/mol. The molecule has 0 bridgehead atoms. The van der Waals surface area contributed by atoms with Crippen LogP contribution in [0.4, 0.5) is 0 Å². The van der Waals surface area contributed by atoms with Gasteiger partial charge in [-0.3, -0.25) is 4.79 Å². The van der Waals surface area contributed by atoms with Crippen molar-refractivity contribution in [3.63, 3.8) is 0 Å². The van der Waals surface area contributed by atoms with Crippen LogP contribution in [0, 0.1) is 6.07 Å². The molecule has 27 heavy (non-hydrogen) atoms. The maximum atomic E-state index is 10.0. The molecular formula is C22H19IrN2O2-. The summed E-state index contributed by atoms with van der Waals surface area (Å²) in [5.74, 6) is 0.864. The fourth-order valence-electron chi connectivity index (χ4n) is 2.87. The molecule has 4 nitrogen and oxygen atoms in total. The fraction of sp³-hybridized carbons (Fsp3) is 0.0909. The molecule has 2 aromatic heterocycles. The quantitative estimate of drug-likeness (QED) is 0.223. The zero-order chi connectivity index (χ0) is 18.5. The van der Waals surface area contributed by atoms with Crippen molar-refractivity contribution in [2.45, 2.75) is 13.8 Å². The van der Waals surface area contributed by atoms with Gasteiger partial charge in [-0.05, 0) is 37.4 Å². The van der Waals surface area contributed by atoms with Gasteiger partial charge in [0.2, 0.25) is 0 Å². The van der Waals surface area contributed by atoms with E-state index in [0.717, 1.165) is 11.3 Å². The van der Waals surface area contributed by atoms with E-state index in [1.165, 1.54) is 36.2 Å². The van der Waals surface area contributed by atoms with E-state index in [4.69, 9.17) is 5.11 Å². The molecule has 0 saturated carbocycles. The van der Waals surface area contributed by atoms with Crippen LogP contribution in [-0.4, -0.2) is 20.4 Å². The molecule has 0 spiro atoms. The number of rotatable bonds is 2. The molecule has 4 rings (SSSR count). The second-order valence-electron chi connectivity index (χ2n) is 5.87. The molecule has 2 heterocycles. The van der Waals surface area contributed by atoms with Crippen molar-refractivity contribution in [1.82, 2.24) is 9.55 Å². The summed E-state index contributed by atoms with van der Waals surface area (Å²) in [5.41, 5.74) is 2.24. The largest absolute Gasteiger partial charge is 0.512 e. The predicted molar refractivity (Wildman–Crippen MR) is 104 cm³/mol. The van der Waals surface area contributed by atoms with Gasteiger partial charge in [0.25, 0.3) is 0 Å². The summed E-state index contributed by atoms with van der Waals surface area (Å²) in [6, 6.07) is 23.8. The van der Waals surface area contributed by atoms with Crippen molar-refractivity contribution in [3.8, 4) is 5.82 Å². The third kappa shape index (κ3) is 4.70. The molecule has 5 heteroatoms. The molecule has 139 valence electrons. The minimum Gasteiger partial charge on any atom is -0.512 e. The van der Waals surface area contributed by atoms with Crippen LogP contribution in [0.5, 0.6) is 0 Å². The number of nitrogens with zero attached hydrogens (tertiary/aromatic N) is 2. The van der Waals surface area contributed by atoms with Gasteiger partial charge in [0.1, 0.15) is 5.82 Å². The van der Waals surface area contributed by atoms with Crippen LogP contribution >= 0.6 is 0 Å². The van der Waals surface area contributed by atoms with Crippen LogP contribution in [0.1, 0.15) is 13.8 Å². The summed E-state index contributed by atoms with van der Waals surface area (Å²) in [7, 11) is 0. The summed E-state index contributed by atoms with van der Waals surface area (Å²) in [5, 5.41) is 10.8. The Morgan fingerprint density at radius 3 is 2.37 bits per heavy atom. The molecule has 0 unspecified atom stereocenters. The number of aliphatic hydroxyl groups is 1. The molecule has 0 fully saturated rings. The Hall–Kier alpha value is -2.75. The number of carbonyl (C=O) groups is 1. The first-order valence-electron chi connectivity index (χ1n) is 8.27. The molecule has 1 radical (unpaired) electrons. The number of para-hydroxylation sites is 2. The van der Waals surface area contributed by atoms with Gasteiger partial charge >= 0.3 is 0 Å². The molecule has 0 aliphatic heterocycles. The first-order valence-corrected chi connectivity index (χ1v) is 8.27. The van der Waals surface area contributed by atoms with Crippen molar-refractivity contribution in [3.05, 3.63) is 84.8 Å². The maximum Gasteiger partial charge on any atom is 0.155 e. The summed E-state index contributed by atoms with van der Waals surface area (Å²) >= 11 is 0. The Labute approximate surface area is 171 Å². The summed E-state index contributed by atoms with van der Waals surface area (Å²) < 4.78 is 2.16. The third-order valence-electron chi connectivity index (χ3n) is 3.78. The number of pyridine rings is 1. The SMILES string of the molecule is CC(=O)C=C(C)O.[Ir].[c-]1cccc2c3ccccc3n(-c3ccccn3)c12. The standard InChI is InChI=1S/C17H11N2.C5H8O2.Ir/c1-3-9-15-13(7-1)14-8-2-4-10-16(14)19(15)17-11-5-6-12-18-17;1-4(6)3-5(2)7;/h1-9,11-12H;3,6H,1-2H3;/q-1;;. The van der Waals surface area contributed by atoms with Crippen molar-refractivity contribution in [2.24, 2.45) is 0 Å². The second kappa shape index (κ2) is 9.26. The third-order valence-corrected chi connectivity index (χ3v) is 3.78. The van der Waals surface area contributed by atoms with Crippen LogP contribution in [0.15, 0.2) is 78.7 Å². The van der Waals surface area contributed by atoms with E-state index >= 15 is 0 Å². The summed E-state index contributed by atoms with van der Waals surface area (Å²) in [6.07, 6.45) is 2.98. The van der Waals surface area contributed by atoms with E-state index in [1.807, 2.05) is 36.5 Å². The first kappa shape index (κ1) is 20.6. The number of allylic oxidation sites excluding steroid dienone is 2. The van der Waals surface area contributed by atoms with Gasteiger partial charge in [0.15, 0.2) is 5.78 Å². The predicted octanol–water partition coefficient (Wildman–Crippen LogP) is 5.01. The van der Waals surface area contributed by atoms with Crippen LogP contribution in [0.25, 0.3) is 27.6 Å². The average Bonchev–Trinajstić information content (AvgIpc) is 2.96. The van der Waals surface area contributed by atoms with Gasteiger partial charge in [0.05, 0.1) is 5.76 Å². The van der Waals surface area contributed by atoms with Gasteiger partial charge in [-0.1, -0.05) is 29.8 Å². The molecule has 0 saturated heterocycles. The smallest absolute Gasteiger partial charge is 0.155 e. The van der Waals surface area contributed by atoms with E-state index in [0.29, 0.717) is 0 Å². The van der Waals surface area contributed by atoms with Crippen molar-refractivity contribution < 1.29 is 30.0 Å². The summed E-state index contributed by atoms with van der Waals surface area (Å²) in [4.78, 5) is 14.5. The number of fused-ring (bicyclic) bond motifs is 3. The number of hydrogen-bond acceptors (Lipinski definition) is 3. The van der Waals surface area contributed by atoms with E-state index in [2.05, 4.69) is 45.9 Å². The number of hydrogen-bond donors (Lipinski definition) is 1. The number of aromatic nitrogens is 2. The van der Waals surface area contributed by atoms with E-state index in [-0.39, 0.29) is 31.6 Å². The Kier molecular flexibility index (Phi) is 7.05. The first-order chi connectivity index (χ1) is 12.6. The van der Waals surface area contributed by atoms with Crippen LogP contribution in [0.2, 0.25) is 0 Å². The number of aliphatic hydroxyl groups excluding tert-OH is 1. The molecule has 2 aromatic carbocycles. The van der Waals surface area contributed by atoms with Crippen LogP contribution in [0.3, 0.4) is 0 Å². The van der Waals surface area contributed by atoms with Crippen LogP contribution in [-0.2, 0) is 24.9 Å². The Bertz CT molecular complexity index is 1030. The Morgan fingerprint density at radius 1 is 1.04 bits per heavy atom. The molecule has 0 amide bonds. The van der Waals surface area contributed by atoms with Crippen molar-refractivity contribution in [2.75, 3.05) is 0 Å². The van der Waals surface area contributed by atoms with Gasteiger partial charge in [-0.15, -0.1) is 5.39 Å². The molecule has 0 aliphatic carbocycles. The number of benzene rings is 2. The van der Waals surface area contributed by atoms with Crippen molar-refractivity contribution in [1.29, 1.82) is 0 Å². The molecule has 0 atom stereocenters. The van der Waals surface area contributed by atoms with E-state index < -0.39 is 0 Å². The fourth-order valence-corrected chi connectivity index (χ4v) is 2.87. The normalized spacial score (nSPS) is 10.8. The Balaban J connectivity index is 0.000000285. The van der Waals surface area contributed by atoms with E-state index in [1.54, 1.807) is 0 Å². The average molecular weight is 536 g/mol. The number of carbonyl (C=O) groups excluding carboxylic acids is 1. The maximum absolute atomic E-state index is 10.0. The summed E-state index contributed by atoms with van der Waals surface area (Å²) in [6.45, 7) is 2.85. The molecule has 1 N–H and O–H groups in total. The van der Waals surface area contributed by atoms with E-state index in [9.17, 15) is 4.79 Å². The van der Waals surface area contributed by atoms with Gasteiger partial charge in [0, 0.05) is 37.9 Å². The molecule has 0 aliphatic rings. The van der Waals surface area contributed by atoms with Gasteiger partial charge in [-0.2, -0.15) is 24.3 Å². The minimum atomic E-state index is -0.125. The zero-order valence-electron chi connectivity index (χ0n) is 15.0. The second-order valence-corrected chi connectivity index (χ2v) is 5.87. The van der Waals surface area contributed by atoms with Crippen molar-refractivity contribution >= 4 is 27.6 Å².